The van der Waals surface area contributed by atoms with Crippen molar-refractivity contribution in [3.8, 4) is 0 Å². The molecule has 0 spiro atoms. The number of carbonyl (C=O) groups excluding carboxylic acids is 1. The number of likely N-dealkylation sites (tertiary alicyclic amines) is 1. The van der Waals surface area contributed by atoms with E-state index in [-0.39, 0.29) is 23.5 Å². The lowest BCUT2D eigenvalue weighted by Gasteiger charge is -2.40. The van der Waals surface area contributed by atoms with E-state index in [0.29, 0.717) is 6.54 Å². The Morgan fingerprint density at radius 2 is 1.79 bits per heavy atom. The lowest BCUT2D eigenvalue weighted by atomic mass is 9.73. The van der Waals surface area contributed by atoms with Gasteiger partial charge in [0, 0.05) is 51.2 Å². The Labute approximate surface area is 176 Å². The summed E-state index contributed by atoms with van der Waals surface area (Å²) in [4.78, 5) is 24.3. The van der Waals surface area contributed by atoms with Crippen molar-refractivity contribution in [2.75, 3.05) is 52.4 Å². The van der Waals surface area contributed by atoms with Crippen molar-refractivity contribution in [2.24, 2.45) is 10.4 Å². The molecule has 1 aliphatic carbocycles. The highest BCUT2D eigenvalue weighted by atomic mass is 16.3. The van der Waals surface area contributed by atoms with E-state index in [4.69, 9.17) is 4.99 Å². The van der Waals surface area contributed by atoms with Crippen LogP contribution < -0.4 is 5.32 Å². The summed E-state index contributed by atoms with van der Waals surface area (Å²) in [5.74, 6) is 1.24. The molecule has 166 valence electrons. The SMILES string of the molecule is CCNC(=NCC1(C)CCCCC1O)N1CCN(C(C)C(=O)N2CCCC2)CC1. The van der Waals surface area contributed by atoms with Crippen molar-refractivity contribution in [3.63, 3.8) is 0 Å². The molecule has 3 rings (SSSR count). The van der Waals surface area contributed by atoms with Gasteiger partial charge in [-0.15, -0.1) is 0 Å². The first kappa shape index (κ1) is 22.3. The number of guanidine groups is 1. The fourth-order valence-corrected chi connectivity index (χ4v) is 4.93. The minimum atomic E-state index is -0.253. The Bertz CT molecular complexity index is 570. The van der Waals surface area contributed by atoms with Crippen LogP contribution in [0.1, 0.15) is 59.3 Å². The summed E-state index contributed by atoms with van der Waals surface area (Å²) in [5.41, 5.74) is -0.114. The minimum Gasteiger partial charge on any atom is -0.392 e. The molecule has 0 radical (unpaired) electrons. The van der Waals surface area contributed by atoms with Crippen LogP contribution in [0.3, 0.4) is 0 Å². The first-order valence-corrected chi connectivity index (χ1v) is 11.7. The van der Waals surface area contributed by atoms with E-state index in [2.05, 4.69) is 35.9 Å². The number of rotatable bonds is 5. The number of piperazine rings is 1. The zero-order valence-corrected chi connectivity index (χ0v) is 18.7. The van der Waals surface area contributed by atoms with Gasteiger partial charge in [-0.3, -0.25) is 14.7 Å². The Hall–Kier alpha value is -1.34. The van der Waals surface area contributed by atoms with Crippen molar-refractivity contribution in [3.05, 3.63) is 0 Å². The number of nitrogens with one attached hydrogen (secondary N) is 1. The normalized spacial score (nSPS) is 30.5. The number of aliphatic hydroxyl groups excluding tert-OH is 1. The molecule has 2 aliphatic heterocycles. The highest BCUT2D eigenvalue weighted by Crippen LogP contribution is 2.36. The van der Waals surface area contributed by atoms with Crippen molar-refractivity contribution >= 4 is 11.9 Å². The molecule has 2 saturated heterocycles. The third kappa shape index (κ3) is 5.43. The van der Waals surface area contributed by atoms with Gasteiger partial charge in [-0.05, 0) is 39.5 Å². The predicted octanol–water partition coefficient (Wildman–Crippen LogP) is 1.52. The Kier molecular flexibility index (Phi) is 7.79. The molecule has 1 saturated carbocycles. The molecule has 1 amide bonds. The molecule has 3 aliphatic rings. The molecule has 0 aromatic rings. The van der Waals surface area contributed by atoms with Crippen LogP contribution in [-0.2, 0) is 4.79 Å². The third-order valence-corrected chi connectivity index (χ3v) is 7.14. The number of amides is 1. The van der Waals surface area contributed by atoms with Crippen LogP contribution in [0, 0.1) is 5.41 Å². The Morgan fingerprint density at radius 1 is 1.10 bits per heavy atom. The fourth-order valence-electron chi connectivity index (χ4n) is 4.93. The smallest absolute Gasteiger partial charge is 0.239 e. The Balaban J connectivity index is 1.55. The molecule has 29 heavy (non-hydrogen) atoms. The van der Waals surface area contributed by atoms with E-state index in [1.165, 1.54) is 6.42 Å². The van der Waals surface area contributed by atoms with Gasteiger partial charge in [0.1, 0.15) is 0 Å². The minimum absolute atomic E-state index is 0.0360. The molecular formula is C22H41N5O2. The number of aliphatic hydroxyl groups is 1. The molecule has 2 heterocycles. The van der Waals surface area contributed by atoms with Crippen LogP contribution in [0.4, 0.5) is 0 Å². The number of aliphatic imine (C=N–C) groups is 1. The maximum absolute atomic E-state index is 12.7. The molecule has 3 fully saturated rings. The third-order valence-electron chi connectivity index (χ3n) is 7.14. The zero-order valence-electron chi connectivity index (χ0n) is 18.7. The highest BCUT2D eigenvalue weighted by Gasteiger charge is 2.36. The predicted molar refractivity (Wildman–Crippen MR) is 117 cm³/mol. The second kappa shape index (κ2) is 10.1. The maximum Gasteiger partial charge on any atom is 0.239 e. The van der Waals surface area contributed by atoms with Crippen molar-refractivity contribution < 1.29 is 9.90 Å². The lowest BCUT2D eigenvalue weighted by molar-refractivity contribution is -0.135. The second-order valence-corrected chi connectivity index (χ2v) is 9.32. The van der Waals surface area contributed by atoms with Gasteiger partial charge in [-0.1, -0.05) is 19.8 Å². The van der Waals surface area contributed by atoms with Crippen molar-refractivity contribution in [1.29, 1.82) is 0 Å². The van der Waals surface area contributed by atoms with E-state index in [0.717, 1.165) is 83.9 Å². The van der Waals surface area contributed by atoms with E-state index in [1.807, 2.05) is 4.90 Å². The first-order valence-electron chi connectivity index (χ1n) is 11.7. The van der Waals surface area contributed by atoms with Gasteiger partial charge in [0.2, 0.25) is 5.91 Å². The molecule has 7 nitrogen and oxygen atoms in total. The highest BCUT2D eigenvalue weighted by molar-refractivity contribution is 5.82. The van der Waals surface area contributed by atoms with E-state index >= 15 is 0 Å². The van der Waals surface area contributed by atoms with Crippen LogP contribution in [0.15, 0.2) is 4.99 Å². The summed E-state index contributed by atoms with van der Waals surface area (Å²) in [6.45, 7) is 13.2. The number of hydrogen-bond donors (Lipinski definition) is 2. The monoisotopic (exact) mass is 407 g/mol. The average molecular weight is 408 g/mol. The molecule has 0 aromatic carbocycles. The summed E-state index contributed by atoms with van der Waals surface area (Å²) in [6.07, 6.45) is 6.27. The van der Waals surface area contributed by atoms with Gasteiger partial charge in [0.25, 0.3) is 0 Å². The zero-order chi connectivity index (χ0) is 20.9. The van der Waals surface area contributed by atoms with Crippen LogP contribution >= 0.6 is 0 Å². The number of carbonyl (C=O) groups is 1. The molecule has 0 aromatic heterocycles. The Morgan fingerprint density at radius 3 is 2.41 bits per heavy atom. The second-order valence-electron chi connectivity index (χ2n) is 9.32. The largest absolute Gasteiger partial charge is 0.392 e. The van der Waals surface area contributed by atoms with Crippen LogP contribution in [-0.4, -0.2) is 96.2 Å². The standard InChI is InChI=1S/C22H41N5O2/c1-4-23-21(24-17-22(3)10-6-5-9-19(22)28)27-15-13-25(14-16-27)18(2)20(29)26-11-7-8-12-26/h18-19,28H,4-17H2,1-3H3,(H,23,24). The number of nitrogens with zero attached hydrogens (tertiary/aromatic N) is 4. The lowest BCUT2D eigenvalue weighted by Crippen LogP contribution is -2.57. The van der Waals surface area contributed by atoms with Crippen LogP contribution in [0.25, 0.3) is 0 Å². The quantitative estimate of drug-likeness (QED) is 0.534. The molecule has 2 N–H and O–H groups in total. The molecule has 3 unspecified atom stereocenters. The summed E-state index contributed by atoms with van der Waals surface area (Å²) < 4.78 is 0. The molecule has 3 atom stereocenters. The summed E-state index contributed by atoms with van der Waals surface area (Å²) in [6, 6.07) is -0.0360. The summed E-state index contributed by atoms with van der Waals surface area (Å²) >= 11 is 0. The van der Waals surface area contributed by atoms with Crippen LogP contribution in [0.2, 0.25) is 0 Å². The topological polar surface area (TPSA) is 71.4 Å². The summed E-state index contributed by atoms with van der Waals surface area (Å²) in [7, 11) is 0. The van der Waals surface area contributed by atoms with Crippen molar-refractivity contribution in [2.45, 2.75) is 71.4 Å². The first-order chi connectivity index (χ1) is 13.9. The molecule has 7 heteroatoms. The van der Waals surface area contributed by atoms with Gasteiger partial charge in [-0.2, -0.15) is 0 Å². The van der Waals surface area contributed by atoms with Gasteiger partial charge in [-0.25, -0.2) is 0 Å². The van der Waals surface area contributed by atoms with Gasteiger partial charge < -0.3 is 20.2 Å². The van der Waals surface area contributed by atoms with E-state index < -0.39 is 0 Å². The van der Waals surface area contributed by atoms with Crippen molar-refractivity contribution in [1.82, 2.24) is 20.0 Å². The average Bonchev–Trinajstić information content (AvgIpc) is 3.27. The van der Waals surface area contributed by atoms with E-state index in [9.17, 15) is 9.90 Å². The van der Waals surface area contributed by atoms with Crippen LogP contribution in [0.5, 0.6) is 0 Å². The molecular weight excluding hydrogens is 366 g/mol. The van der Waals surface area contributed by atoms with E-state index in [1.54, 1.807) is 0 Å². The molecule has 0 bridgehead atoms. The van der Waals surface area contributed by atoms with Gasteiger partial charge in [0.15, 0.2) is 5.96 Å². The maximum atomic E-state index is 12.7. The van der Waals surface area contributed by atoms with Gasteiger partial charge >= 0.3 is 0 Å². The van der Waals surface area contributed by atoms with Gasteiger partial charge in [0.05, 0.1) is 18.7 Å². The fraction of sp³-hybridized carbons (Fsp3) is 0.909. The summed E-state index contributed by atoms with van der Waals surface area (Å²) in [5, 5.41) is 13.9. The number of hydrogen-bond acceptors (Lipinski definition) is 4.